The number of amides is 1. The summed E-state index contributed by atoms with van der Waals surface area (Å²) in [5.74, 6) is 0.612. The summed E-state index contributed by atoms with van der Waals surface area (Å²) in [6.45, 7) is 1.09. The second-order valence-corrected chi connectivity index (χ2v) is 7.11. The number of fused-ring (bicyclic) bond motifs is 1. The Kier molecular flexibility index (Phi) is 3.07. The zero-order valence-corrected chi connectivity index (χ0v) is 12.5. The van der Waals surface area contributed by atoms with Crippen molar-refractivity contribution in [3.8, 4) is 0 Å². The summed E-state index contributed by atoms with van der Waals surface area (Å²) in [5.41, 5.74) is 3.46. The molecule has 3 aliphatic rings. The summed E-state index contributed by atoms with van der Waals surface area (Å²) in [6.07, 6.45) is 7.64. The summed E-state index contributed by atoms with van der Waals surface area (Å²) in [7, 11) is 0. The maximum Gasteiger partial charge on any atom is 0.227 e. The van der Waals surface area contributed by atoms with Gasteiger partial charge in [-0.15, -0.1) is 0 Å². The Balaban J connectivity index is 1.39. The number of hydrogen-bond acceptors (Lipinski definition) is 2. The van der Waals surface area contributed by atoms with Crippen LogP contribution in [0.1, 0.15) is 42.4 Å². The number of aliphatic hydroxyl groups is 1. The van der Waals surface area contributed by atoms with Crippen LogP contribution < -0.4 is 0 Å². The molecule has 1 aromatic carbocycles. The van der Waals surface area contributed by atoms with Crippen molar-refractivity contribution >= 4 is 5.91 Å². The summed E-state index contributed by atoms with van der Waals surface area (Å²) in [5, 5.41) is 10.3. The lowest BCUT2D eigenvalue weighted by Crippen LogP contribution is -2.65. The molecule has 2 fully saturated rings. The Morgan fingerprint density at radius 1 is 1.19 bits per heavy atom. The van der Waals surface area contributed by atoms with Crippen LogP contribution in [0.15, 0.2) is 18.2 Å². The van der Waals surface area contributed by atoms with E-state index in [1.54, 1.807) is 0 Å². The topological polar surface area (TPSA) is 40.5 Å². The number of aryl methyl sites for hydroxylation is 2. The van der Waals surface area contributed by atoms with Gasteiger partial charge in [0.2, 0.25) is 5.91 Å². The maximum absolute atomic E-state index is 12.3. The molecule has 1 heterocycles. The van der Waals surface area contributed by atoms with E-state index >= 15 is 0 Å². The van der Waals surface area contributed by atoms with Crippen LogP contribution in [0.5, 0.6) is 0 Å². The maximum atomic E-state index is 12.3. The number of likely N-dealkylation sites (tertiary alicyclic amines) is 1. The fourth-order valence-corrected chi connectivity index (χ4v) is 3.85. The summed E-state index contributed by atoms with van der Waals surface area (Å²) < 4.78 is 0. The predicted molar refractivity (Wildman–Crippen MR) is 81.0 cm³/mol. The molecule has 0 unspecified atom stereocenters. The van der Waals surface area contributed by atoms with E-state index in [4.69, 9.17) is 0 Å². The summed E-state index contributed by atoms with van der Waals surface area (Å²) in [6, 6.07) is 6.53. The van der Waals surface area contributed by atoms with Crippen LogP contribution in [-0.4, -0.2) is 34.6 Å². The molecule has 1 saturated heterocycles. The number of rotatable bonds is 3. The first-order valence-electron chi connectivity index (χ1n) is 8.25. The molecule has 1 N–H and O–H groups in total. The van der Waals surface area contributed by atoms with E-state index in [1.165, 1.54) is 30.4 Å². The molecule has 2 aliphatic carbocycles. The van der Waals surface area contributed by atoms with E-state index in [9.17, 15) is 9.90 Å². The lowest BCUT2D eigenvalue weighted by atomic mass is 9.87. The molecule has 4 rings (SSSR count). The highest BCUT2D eigenvalue weighted by Gasteiger charge is 2.53. The molecule has 112 valence electrons. The van der Waals surface area contributed by atoms with Gasteiger partial charge in [0.25, 0.3) is 0 Å². The van der Waals surface area contributed by atoms with Crippen molar-refractivity contribution in [1.82, 2.24) is 4.90 Å². The average molecular weight is 285 g/mol. The molecule has 21 heavy (non-hydrogen) atoms. The quantitative estimate of drug-likeness (QED) is 0.924. The largest absolute Gasteiger partial charge is 0.386 e. The number of carbonyl (C=O) groups excluding carboxylic acids is 1. The predicted octanol–water partition coefficient (Wildman–Crippen LogP) is 2.09. The summed E-state index contributed by atoms with van der Waals surface area (Å²) >= 11 is 0. The third-order valence-electron chi connectivity index (χ3n) is 5.39. The molecule has 0 aromatic heterocycles. The van der Waals surface area contributed by atoms with E-state index in [-0.39, 0.29) is 5.91 Å². The third kappa shape index (κ3) is 2.48. The first kappa shape index (κ1) is 13.3. The van der Waals surface area contributed by atoms with Crippen LogP contribution in [0.2, 0.25) is 0 Å². The van der Waals surface area contributed by atoms with Gasteiger partial charge in [0.05, 0.1) is 19.5 Å². The lowest BCUT2D eigenvalue weighted by Gasteiger charge is -2.47. The van der Waals surface area contributed by atoms with Gasteiger partial charge >= 0.3 is 0 Å². The first-order chi connectivity index (χ1) is 10.1. The molecule has 0 bridgehead atoms. The number of nitrogens with zero attached hydrogens (tertiary/aromatic N) is 1. The van der Waals surface area contributed by atoms with E-state index in [0.717, 1.165) is 24.8 Å². The number of β-amino-alcohol motifs (C(OH)–C–C–N with tert-alkyl or cyclic N) is 1. The SMILES string of the molecule is O=C(Cc1ccc2c(c1)CCCC2)N1CC(O)(C2CC2)C1. The number of hydrogen-bond donors (Lipinski definition) is 1. The molecule has 1 aliphatic heterocycles. The van der Waals surface area contributed by atoms with Crippen molar-refractivity contribution in [1.29, 1.82) is 0 Å². The van der Waals surface area contributed by atoms with Crippen molar-refractivity contribution in [2.45, 2.75) is 50.5 Å². The van der Waals surface area contributed by atoms with Gasteiger partial charge in [-0.1, -0.05) is 18.2 Å². The van der Waals surface area contributed by atoms with Crippen molar-refractivity contribution in [2.24, 2.45) is 5.92 Å². The van der Waals surface area contributed by atoms with Crippen molar-refractivity contribution in [2.75, 3.05) is 13.1 Å². The zero-order chi connectivity index (χ0) is 14.4. The van der Waals surface area contributed by atoms with E-state index in [1.807, 2.05) is 4.90 Å². The highest BCUT2D eigenvalue weighted by atomic mass is 16.3. The number of benzene rings is 1. The van der Waals surface area contributed by atoms with Gasteiger partial charge in [-0.2, -0.15) is 0 Å². The summed E-state index contributed by atoms with van der Waals surface area (Å²) in [4.78, 5) is 14.1. The van der Waals surface area contributed by atoms with Crippen LogP contribution in [0, 0.1) is 5.92 Å². The molecule has 1 aromatic rings. The van der Waals surface area contributed by atoms with Gasteiger partial charge in [-0.05, 0) is 61.1 Å². The van der Waals surface area contributed by atoms with Gasteiger partial charge in [0.15, 0.2) is 0 Å². The van der Waals surface area contributed by atoms with Gasteiger partial charge < -0.3 is 10.0 Å². The van der Waals surface area contributed by atoms with Gasteiger partial charge in [0, 0.05) is 0 Å². The first-order valence-corrected chi connectivity index (χ1v) is 8.25. The Morgan fingerprint density at radius 2 is 1.90 bits per heavy atom. The Morgan fingerprint density at radius 3 is 2.62 bits per heavy atom. The molecule has 0 radical (unpaired) electrons. The van der Waals surface area contributed by atoms with E-state index in [0.29, 0.717) is 25.4 Å². The van der Waals surface area contributed by atoms with Gasteiger partial charge in [-0.25, -0.2) is 0 Å². The Bertz CT molecular complexity index is 571. The monoisotopic (exact) mass is 285 g/mol. The Hall–Kier alpha value is -1.35. The molecule has 3 nitrogen and oxygen atoms in total. The smallest absolute Gasteiger partial charge is 0.227 e. The minimum Gasteiger partial charge on any atom is -0.386 e. The molecular weight excluding hydrogens is 262 g/mol. The highest BCUT2D eigenvalue weighted by Crippen LogP contribution is 2.44. The van der Waals surface area contributed by atoms with Crippen molar-refractivity contribution < 1.29 is 9.90 Å². The molecular formula is C18H23NO2. The average Bonchev–Trinajstić information content (AvgIpc) is 3.28. The van der Waals surface area contributed by atoms with Crippen LogP contribution in [-0.2, 0) is 24.1 Å². The normalized spacial score (nSPS) is 23.4. The molecule has 0 spiro atoms. The third-order valence-corrected chi connectivity index (χ3v) is 5.39. The zero-order valence-electron chi connectivity index (χ0n) is 12.5. The molecule has 1 amide bonds. The van der Waals surface area contributed by atoms with Crippen LogP contribution in [0.4, 0.5) is 0 Å². The van der Waals surface area contributed by atoms with Crippen LogP contribution >= 0.6 is 0 Å². The molecule has 0 atom stereocenters. The second-order valence-electron chi connectivity index (χ2n) is 7.11. The van der Waals surface area contributed by atoms with E-state index in [2.05, 4.69) is 18.2 Å². The van der Waals surface area contributed by atoms with Crippen molar-refractivity contribution in [3.63, 3.8) is 0 Å². The van der Waals surface area contributed by atoms with E-state index < -0.39 is 5.60 Å². The van der Waals surface area contributed by atoms with Gasteiger partial charge in [0.1, 0.15) is 5.60 Å². The Labute approximate surface area is 126 Å². The highest BCUT2D eigenvalue weighted by molar-refractivity contribution is 5.80. The number of carbonyl (C=O) groups is 1. The van der Waals surface area contributed by atoms with Crippen LogP contribution in [0.3, 0.4) is 0 Å². The molecule has 3 heteroatoms. The van der Waals surface area contributed by atoms with Crippen LogP contribution in [0.25, 0.3) is 0 Å². The fraction of sp³-hybridized carbons (Fsp3) is 0.611. The second kappa shape index (κ2) is 4.84. The van der Waals surface area contributed by atoms with Crippen molar-refractivity contribution in [3.05, 3.63) is 34.9 Å². The fourth-order valence-electron chi connectivity index (χ4n) is 3.85. The lowest BCUT2D eigenvalue weighted by molar-refractivity contribution is -0.158. The minimum absolute atomic E-state index is 0.163. The standard InChI is InChI=1S/C18H23NO2/c20-17(19-11-18(21,12-19)16-7-8-16)10-13-5-6-14-3-1-2-4-15(14)9-13/h5-6,9,16,21H,1-4,7-8,10-12H2. The minimum atomic E-state index is -0.564. The van der Waals surface area contributed by atoms with Gasteiger partial charge in [-0.3, -0.25) is 4.79 Å². The molecule has 1 saturated carbocycles.